The second kappa shape index (κ2) is 8.43. The van der Waals surface area contributed by atoms with Gasteiger partial charge in [-0.1, -0.05) is 16.8 Å². The summed E-state index contributed by atoms with van der Waals surface area (Å²) in [6, 6.07) is 3.80. The van der Waals surface area contributed by atoms with Crippen LogP contribution in [0.5, 0.6) is 5.75 Å². The summed E-state index contributed by atoms with van der Waals surface area (Å²) in [5.41, 5.74) is 1.03. The van der Waals surface area contributed by atoms with Crippen LogP contribution < -0.4 is 9.64 Å². The van der Waals surface area contributed by atoms with Gasteiger partial charge in [0.1, 0.15) is 16.3 Å². The van der Waals surface area contributed by atoms with Gasteiger partial charge in [-0.2, -0.15) is 5.26 Å². The number of fused-ring (bicyclic) bond motifs is 2. The molecule has 1 aromatic carbocycles. The van der Waals surface area contributed by atoms with Crippen molar-refractivity contribution in [3.8, 4) is 11.8 Å². The monoisotopic (exact) mass is 539 g/mol. The number of rotatable bonds is 5. The number of amides is 3. The fourth-order valence-corrected chi connectivity index (χ4v) is 6.45. The molecule has 13 heteroatoms. The highest BCUT2D eigenvalue weighted by Gasteiger charge is 2.54. The van der Waals surface area contributed by atoms with Crippen LogP contribution in [-0.4, -0.2) is 61.8 Å². The van der Waals surface area contributed by atoms with Crippen LogP contribution in [0, 0.1) is 22.6 Å². The van der Waals surface area contributed by atoms with E-state index in [0.717, 1.165) is 11.0 Å². The first-order valence-corrected chi connectivity index (χ1v) is 12.6. The van der Waals surface area contributed by atoms with E-state index in [2.05, 4.69) is 21.4 Å². The first-order valence-electron chi connectivity index (χ1n) is 11.4. The number of imide groups is 1. The Bertz CT molecular complexity index is 1560. The Kier molecular flexibility index (Phi) is 5.40. The van der Waals surface area contributed by atoms with E-state index in [1.807, 2.05) is 0 Å². The molecule has 2 fully saturated rings. The summed E-state index contributed by atoms with van der Waals surface area (Å²) in [5.74, 6) is -1.03. The molecule has 6 rings (SSSR count). The molecule has 10 nitrogen and oxygen atoms in total. The molecule has 4 heterocycles. The van der Waals surface area contributed by atoms with Gasteiger partial charge in [-0.15, -0.1) is 16.9 Å². The minimum atomic E-state index is -0.717. The number of pyridine rings is 1. The number of nitriles is 1. The zero-order valence-corrected chi connectivity index (χ0v) is 21.3. The van der Waals surface area contributed by atoms with Crippen LogP contribution in [0.25, 0.3) is 15.9 Å². The fraction of sp³-hybridized carbons (Fsp3) is 0.333. The van der Waals surface area contributed by atoms with E-state index in [1.54, 1.807) is 18.0 Å². The molecule has 0 spiro atoms. The Labute approximate surface area is 219 Å². The first kappa shape index (κ1) is 23.7. The highest BCUT2D eigenvalue weighted by Crippen LogP contribution is 2.51. The number of hydrogen-bond acceptors (Lipinski definition) is 8. The van der Waals surface area contributed by atoms with E-state index in [0.29, 0.717) is 34.3 Å². The zero-order valence-electron chi connectivity index (χ0n) is 19.7. The molecule has 2 unspecified atom stereocenters. The predicted octanol–water partition coefficient (Wildman–Crippen LogP) is 3.76. The third-order valence-corrected chi connectivity index (χ3v) is 8.60. The van der Waals surface area contributed by atoms with Crippen molar-refractivity contribution in [3.05, 3.63) is 47.0 Å². The SMILES string of the molecule is COc1cc(C2=CC3C(S2)C(=O)N(c2cncc4nnn(C)c24)C(=O)N3CC2(C#N)CC2)c(Cl)cc1F. The van der Waals surface area contributed by atoms with Gasteiger partial charge < -0.3 is 9.64 Å². The maximum absolute atomic E-state index is 14.2. The van der Waals surface area contributed by atoms with Crippen LogP contribution >= 0.6 is 23.4 Å². The Morgan fingerprint density at radius 1 is 1.32 bits per heavy atom. The van der Waals surface area contributed by atoms with Crippen LogP contribution in [0.3, 0.4) is 0 Å². The Morgan fingerprint density at radius 2 is 2.11 bits per heavy atom. The minimum Gasteiger partial charge on any atom is -0.494 e. The van der Waals surface area contributed by atoms with Crippen molar-refractivity contribution in [1.82, 2.24) is 24.9 Å². The molecule has 0 bridgehead atoms. The van der Waals surface area contributed by atoms with Crippen LogP contribution in [0.15, 0.2) is 30.6 Å². The van der Waals surface area contributed by atoms with E-state index in [9.17, 15) is 19.2 Å². The zero-order chi connectivity index (χ0) is 26.1. The van der Waals surface area contributed by atoms with Crippen LogP contribution in [0.4, 0.5) is 14.9 Å². The van der Waals surface area contributed by atoms with Crippen LogP contribution in [-0.2, 0) is 11.8 Å². The summed E-state index contributed by atoms with van der Waals surface area (Å²) in [5, 5.41) is 17.3. The number of methoxy groups -OCH3 is 1. The number of carbonyl (C=O) groups excluding carboxylic acids is 2. The van der Waals surface area contributed by atoms with E-state index in [-0.39, 0.29) is 23.0 Å². The Hall–Kier alpha value is -3.69. The molecule has 2 aromatic heterocycles. The van der Waals surface area contributed by atoms with Crippen molar-refractivity contribution in [2.75, 3.05) is 18.6 Å². The smallest absolute Gasteiger partial charge is 0.332 e. The lowest BCUT2D eigenvalue weighted by Crippen LogP contribution is -2.63. The number of benzene rings is 1. The molecule has 2 atom stereocenters. The lowest BCUT2D eigenvalue weighted by Gasteiger charge is -2.41. The Morgan fingerprint density at radius 3 is 2.81 bits per heavy atom. The molecule has 3 amide bonds. The molecule has 1 saturated heterocycles. The quantitative estimate of drug-likeness (QED) is 0.481. The molecule has 3 aliphatic rings. The number of aryl methyl sites for hydroxylation is 1. The lowest BCUT2D eigenvalue weighted by atomic mass is 10.0. The van der Waals surface area contributed by atoms with Gasteiger partial charge in [0.15, 0.2) is 11.6 Å². The average molecular weight is 540 g/mol. The third-order valence-electron chi connectivity index (χ3n) is 6.95. The molecular formula is C24H19ClFN7O3S. The van der Waals surface area contributed by atoms with Gasteiger partial charge in [-0.25, -0.2) is 18.8 Å². The van der Waals surface area contributed by atoms with Gasteiger partial charge in [-0.05, 0) is 31.1 Å². The van der Waals surface area contributed by atoms with E-state index >= 15 is 0 Å². The number of ether oxygens (including phenoxy) is 1. The topological polar surface area (TPSA) is 117 Å². The number of thioether (sulfide) groups is 1. The van der Waals surface area contributed by atoms with Gasteiger partial charge >= 0.3 is 6.03 Å². The maximum Gasteiger partial charge on any atom is 0.332 e. The lowest BCUT2D eigenvalue weighted by molar-refractivity contribution is -0.119. The maximum atomic E-state index is 14.2. The summed E-state index contributed by atoms with van der Waals surface area (Å²) >= 11 is 7.61. The number of aromatic nitrogens is 4. The average Bonchev–Trinajstić information content (AvgIpc) is 3.35. The molecule has 2 aliphatic heterocycles. The molecule has 3 aromatic rings. The molecule has 0 N–H and O–H groups in total. The third kappa shape index (κ3) is 3.64. The van der Waals surface area contributed by atoms with E-state index in [1.165, 1.54) is 42.0 Å². The largest absolute Gasteiger partial charge is 0.494 e. The summed E-state index contributed by atoms with van der Waals surface area (Å²) in [4.78, 5) is 35.3. The summed E-state index contributed by atoms with van der Waals surface area (Å²) < 4.78 is 20.8. The Balaban J connectivity index is 1.46. The van der Waals surface area contributed by atoms with Gasteiger partial charge in [0.05, 0.1) is 47.7 Å². The van der Waals surface area contributed by atoms with Crippen molar-refractivity contribution in [2.24, 2.45) is 12.5 Å². The van der Waals surface area contributed by atoms with Crippen LogP contribution in [0.2, 0.25) is 5.02 Å². The van der Waals surface area contributed by atoms with Crippen molar-refractivity contribution in [1.29, 1.82) is 5.26 Å². The highest BCUT2D eigenvalue weighted by molar-refractivity contribution is 8.09. The number of nitrogens with zero attached hydrogens (tertiary/aromatic N) is 7. The van der Waals surface area contributed by atoms with Gasteiger partial charge in [0, 0.05) is 24.1 Å². The summed E-state index contributed by atoms with van der Waals surface area (Å²) in [6.45, 7) is 0.172. The summed E-state index contributed by atoms with van der Waals surface area (Å²) in [7, 11) is 3.02. The van der Waals surface area contributed by atoms with Gasteiger partial charge in [0.2, 0.25) is 0 Å². The van der Waals surface area contributed by atoms with E-state index in [4.69, 9.17) is 16.3 Å². The second-order valence-electron chi connectivity index (χ2n) is 9.24. The van der Waals surface area contributed by atoms with Crippen molar-refractivity contribution in [2.45, 2.75) is 24.1 Å². The molecule has 0 radical (unpaired) electrons. The van der Waals surface area contributed by atoms with E-state index < -0.39 is 34.5 Å². The normalized spacial score (nSPS) is 22.2. The number of halogens is 2. The summed E-state index contributed by atoms with van der Waals surface area (Å²) in [6.07, 6.45) is 6.08. The van der Waals surface area contributed by atoms with Crippen LogP contribution in [0.1, 0.15) is 18.4 Å². The minimum absolute atomic E-state index is 0.0135. The number of anilines is 1. The first-order chi connectivity index (χ1) is 17.8. The second-order valence-corrected chi connectivity index (χ2v) is 10.8. The highest BCUT2D eigenvalue weighted by atomic mass is 35.5. The number of hydrogen-bond donors (Lipinski definition) is 0. The fourth-order valence-electron chi connectivity index (χ4n) is 4.78. The molecule has 37 heavy (non-hydrogen) atoms. The van der Waals surface area contributed by atoms with Crippen molar-refractivity contribution >= 4 is 56.9 Å². The van der Waals surface area contributed by atoms with Crippen molar-refractivity contribution < 1.29 is 18.7 Å². The number of urea groups is 1. The van der Waals surface area contributed by atoms with Gasteiger partial charge in [-0.3, -0.25) is 9.78 Å². The molecular weight excluding hydrogens is 521 g/mol. The number of carbonyl (C=O) groups is 2. The molecule has 188 valence electrons. The molecule has 1 aliphatic carbocycles. The van der Waals surface area contributed by atoms with Crippen molar-refractivity contribution in [3.63, 3.8) is 0 Å². The van der Waals surface area contributed by atoms with Gasteiger partial charge in [0.25, 0.3) is 5.91 Å². The predicted molar refractivity (Wildman–Crippen MR) is 134 cm³/mol. The molecule has 1 saturated carbocycles. The standard InChI is InChI=1S/C24H19ClFN7O3S/c1-31-20-15(29-30-31)8-28-9-17(20)33-22(34)21-16(32(23(33)35)11-24(10-27)3-4-24)7-19(37-21)12-5-18(36-2)14(26)6-13(12)25/h5-9,16,21H,3-4,11H2,1-2H3.